The maximum Gasteiger partial charge on any atom is 0.323 e. The Balaban J connectivity index is 1.94. The number of urea groups is 1. The summed E-state index contributed by atoms with van der Waals surface area (Å²) in [7, 11) is 0. The minimum Gasteiger partial charge on any atom is -0.308 e. The molecular weight excluding hydrogens is 250 g/mol. The molecule has 2 aromatic carbocycles. The van der Waals surface area contributed by atoms with Gasteiger partial charge in [0.25, 0.3) is 0 Å². The molecule has 100 valence electrons. The van der Waals surface area contributed by atoms with Gasteiger partial charge in [-0.15, -0.1) is 0 Å². The fourth-order valence-corrected chi connectivity index (χ4v) is 1.73. The Bertz CT molecular complexity index is 624. The lowest BCUT2D eigenvalue weighted by atomic mass is 10.1. The zero-order chi connectivity index (χ0) is 14.4. The van der Waals surface area contributed by atoms with E-state index in [-0.39, 0.29) is 6.03 Å². The summed E-state index contributed by atoms with van der Waals surface area (Å²) in [5, 5.41) is 14.1. The predicted molar refractivity (Wildman–Crippen MR) is 79.6 cm³/mol. The van der Waals surface area contributed by atoms with Gasteiger partial charge in [0.05, 0.1) is 12.5 Å². The van der Waals surface area contributed by atoms with E-state index in [0.717, 1.165) is 16.8 Å². The Morgan fingerprint density at radius 2 is 1.50 bits per heavy atom. The smallest absolute Gasteiger partial charge is 0.308 e. The van der Waals surface area contributed by atoms with Crippen LogP contribution in [0.4, 0.5) is 16.2 Å². The number of anilines is 2. The van der Waals surface area contributed by atoms with Crippen LogP contribution in [0.5, 0.6) is 0 Å². The third-order valence-electron chi connectivity index (χ3n) is 2.80. The van der Waals surface area contributed by atoms with E-state index in [0.29, 0.717) is 12.1 Å². The minimum atomic E-state index is -0.290. The highest BCUT2D eigenvalue weighted by Gasteiger charge is 2.02. The summed E-state index contributed by atoms with van der Waals surface area (Å²) in [4.78, 5) is 11.8. The molecule has 0 heterocycles. The molecular formula is C16H15N3O. The summed E-state index contributed by atoms with van der Waals surface area (Å²) in [6.07, 6.45) is 0.371. The van der Waals surface area contributed by atoms with Crippen molar-refractivity contribution in [3.63, 3.8) is 0 Å². The number of nitriles is 1. The van der Waals surface area contributed by atoms with E-state index in [1.807, 2.05) is 43.3 Å². The molecule has 0 saturated heterocycles. The Hall–Kier alpha value is -2.80. The maximum absolute atomic E-state index is 11.8. The lowest BCUT2D eigenvalue weighted by molar-refractivity contribution is 0.262. The van der Waals surface area contributed by atoms with Gasteiger partial charge >= 0.3 is 6.03 Å². The number of carbonyl (C=O) groups is 1. The van der Waals surface area contributed by atoms with Crippen molar-refractivity contribution < 1.29 is 4.79 Å². The van der Waals surface area contributed by atoms with Gasteiger partial charge in [-0.25, -0.2) is 4.79 Å². The largest absolute Gasteiger partial charge is 0.323 e. The van der Waals surface area contributed by atoms with Crippen LogP contribution in [0.3, 0.4) is 0 Å². The van der Waals surface area contributed by atoms with Crippen molar-refractivity contribution in [1.29, 1.82) is 5.26 Å². The van der Waals surface area contributed by atoms with Gasteiger partial charge in [0.2, 0.25) is 0 Å². The summed E-state index contributed by atoms with van der Waals surface area (Å²) in [5.74, 6) is 0. The summed E-state index contributed by atoms with van der Waals surface area (Å²) in [6, 6.07) is 16.6. The first-order chi connectivity index (χ1) is 9.67. The molecule has 0 aliphatic carbocycles. The van der Waals surface area contributed by atoms with Crippen molar-refractivity contribution in [1.82, 2.24) is 0 Å². The highest BCUT2D eigenvalue weighted by atomic mass is 16.2. The molecule has 0 aliphatic rings. The van der Waals surface area contributed by atoms with E-state index in [4.69, 9.17) is 5.26 Å². The third kappa shape index (κ3) is 3.85. The van der Waals surface area contributed by atoms with Crippen molar-refractivity contribution in [2.24, 2.45) is 0 Å². The van der Waals surface area contributed by atoms with E-state index in [1.54, 1.807) is 12.1 Å². The maximum atomic E-state index is 11.8. The van der Waals surface area contributed by atoms with Crippen molar-refractivity contribution in [3.05, 3.63) is 59.7 Å². The average molecular weight is 265 g/mol. The molecule has 20 heavy (non-hydrogen) atoms. The van der Waals surface area contributed by atoms with Crippen LogP contribution in [0.2, 0.25) is 0 Å². The van der Waals surface area contributed by atoms with E-state index >= 15 is 0 Å². The summed E-state index contributed by atoms with van der Waals surface area (Å²) in [6.45, 7) is 1.99. The van der Waals surface area contributed by atoms with E-state index in [2.05, 4.69) is 16.7 Å². The van der Waals surface area contributed by atoms with Crippen LogP contribution in [0, 0.1) is 18.3 Å². The molecule has 4 nitrogen and oxygen atoms in total. The van der Waals surface area contributed by atoms with Gasteiger partial charge in [-0.2, -0.15) is 5.26 Å². The molecule has 2 rings (SSSR count). The molecule has 0 bridgehead atoms. The Kier molecular flexibility index (Phi) is 4.35. The zero-order valence-electron chi connectivity index (χ0n) is 11.2. The van der Waals surface area contributed by atoms with Gasteiger partial charge in [-0.1, -0.05) is 29.8 Å². The SMILES string of the molecule is Cc1ccc(NC(=O)Nc2ccc(CC#N)cc2)cc1. The van der Waals surface area contributed by atoms with Gasteiger partial charge in [-0.3, -0.25) is 0 Å². The second kappa shape index (κ2) is 6.39. The lowest BCUT2D eigenvalue weighted by Crippen LogP contribution is -2.19. The highest BCUT2D eigenvalue weighted by Crippen LogP contribution is 2.12. The third-order valence-corrected chi connectivity index (χ3v) is 2.80. The monoisotopic (exact) mass is 265 g/mol. The van der Waals surface area contributed by atoms with Crippen molar-refractivity contribution in [3.8, 4) is 6.07 Å². The standard InChI is InChI=1S/C16H15N3O/c1-12-2-6-14(7-3-12)18-16(20)19-15-8-4-13(5-9-15)10-11-17/h2-9H,10H2,1H3,(H2,18,19,20). The Morgan fingerprint density at radius 1 is 1.00 bits per heavy atom. The van der Waals surface area contributed by atoms with E-state index in [1.165, 1.54) is 0 Å². The molecule has 2 aromatic rings. The fourth-order valence-electron chi connectivity index (χ4n) is 1.73. The first-order valence-electron chi connectivity index (χ1n) is 6.28. The summed E-state index contributed by atoms with van der Waals surface area (Å²) >= 11 is 0. The average Bonchev–Trinajstić information content (AvgIpc) is 2.44. The minimum absolute atomic E-state index is 0.290. The normalized spacial score (nSPS) is 9.60. The second-order valence-corrected chi connectivity index (χ2v) is 4.48. The first kappa shape index (κ1) is 13.6. The van der Waals surface area contributed by atoms with Crippen LogP contribution in [0.25, 0.3) is 0 Å². The molecule has 0 saturated carbocycles. The van der Waals surface area contributed by atoms with Gasteiger partial charge in [-0.05, 0) is 36.8 Å². The number of hydrogen-bond acceptors (Lipinski definition) is 2. The number of carbonyl (C=O) groups excluding carboxylic acids is 1. The Labute approximate surface area is 118 Å². The molecule has 2 amide bonds. The quantitative estimate of drug-likeness (QED) is 0.888. The number of hydrogen-bond donors (Lipinski definition) is 2. The zero-order valence-corrected chi connectivity index (χ0v) is 11.2. The number of amides is 2. The molecule has 0 fully saturated rings. The van der Waals surface area contributed by atoms with Gasteiger partial charge in [0.15, 0.2) is 0 Å². The van der Waals surface area contributed by atoms with Crippen LogP contribution in [-0.2, 0) is 6.42 Å². The fraction of sp³-hybridized carbons (Fsp3) is 0.125. The van der Waals surface area contributed by atoms with Gasteiger partial charge < -0.3 is 10.6 Å². The van der Waals surface area contributed by atoms with Crippen molar-refractivity contribution in [2.75, 3.05) is 10.6 Å². The molecule has 0 unspecified atom stereocenters. The summed E-state index contributed by atoms with van der Waals surface area (Å²) in [5.41, 5.74) is 3.51. The van der Waals surface area contributed by atoms with Gasteiger partial charge in [0.1, 0.15) is 0 Å². The lowest BCUT2D eigenvalue weighted by Gasteiger charge is -2.08. The molecule has 2 N–H and O–H groups in total. The first-order valence-corrected chi connectivity index (χ1v) is 6.28. The van der Waals surface area contributed by atoms with E-state index in [9.17, 15) is 4.79 Å². The Morgan fingerprint density at radius 3 is 2.00 bits per heavy atom. The molecule has 0 atom stereocenters. The summed E-state index contributed by atoms with van der Waals surface area (Å²) < 4.78 is 0. The number of rotatable bonds is 3. The number of aryl methyl sites for hydroxylation is 1. The van der Waals surface area contributed by atoms with Crippen LogP contribution < -0.4 is 10.6 Å². The van der Waals surface area contributed by atoms with Crippen LogP contribution >= 0.6 is 0 Å². The van der Waals surface area contributed by atoms with Crippen LogP contribution in [0.15, 0.2) is 48.5 Å². The van der Waals surface area contributed by atoms with Crippen molar-refractivity contribution >= 4 is 17.4 Å². The number of nitrogens with zero attached hydrogens (tertiary/aromatic N) is 1. The molecule has 4 heteroatoms. The number of benzene rings is 2. The molecule has 0 spiro atoms. The van der Waals surface area contributed by atoms with Crippen molar-refractivity contribution in [2.45, 2.75) is 13.3 Å². The predicted octanol–water partition coefficient (Wildman–Crippen LogP) is 3.71. The van der Waals surface area contributed by atoms with Gasteiger partial charge in [0, 0.05) is 11.4 Å². The van der Waals surface area contributed by atoms with Crippen LogP contribution in [0.1, 0.15) is 11.1 Å². The van der Waals surface area contributed by atoms with Crippen LogP contribution in [-0.4, -0.2) is 6.03 Å². The highest BCUT2D eigenvalue weighted by molar-refractivity contribution is 5.99. The number of nitrogens with one attached hydrogen (secondary N) is 2. The van der Waals surface area contributed by atoms with E-state index < -0.39 is 0 Å². The molecule has 0 radical (unpaired) electrons. The topological polar surface area (TPSA) is 64.9 Å². The molecule has 0 aromatic heterocycles. The second-order valence-electron chi connectivity index (χ2n) is 4.48. The molecule has 0 aliphatic heterocycles.